The first-order chi connectivity index (χ1) is 7.11. The Balaban J connectivity index is 2.75. The molecule has 3 atom stereocenters. The van der Waals surface area contributed by atoms with Gasteiger partial charge in [-0.2, -0.15) is 0 Å². The van der Waals surface area contributed by atoms with Gasteiger partial charge in [0.15, 0.2) is 6.10 Å². The molecule has 0 aromatic carbocycles. The van der Waals surface area contributed by atoms with E-state index in [-0.39, 0.29) is 5.95 Å². The minimum Gasteiger partial charge on any atom is -0.504 e. The summed E-state index contributed by atoms with van der Waals surface area (Å²) in [6.07, 6.45) is -3.11. The summed E-state index contributed by atoms with van der Waals surface area (Å²) in [5.74, 6) is -0.769. The van der Waals surface area contributed by atoms with E-state index in [9.17, 15) is 15.3 Å². The van der Waals surface area contributed by atoms with Crippen LogP contribution in [0.3, 0.4) is 0 Å². The SMILES string of the molecule is CCCOC1=C(O)C(O)C(O)C(CO)O1. The predicted octanol–water partition coefficient (Wildman–Crippen LogP) is -0.747. The topological polar surface area (TPSA) is 99.4 Å². The Morgan fingerprint density at radius 1 is 1.40 bits per heavy atom. The average molecular weight is 220 g/mol. The first kappa shape index (κ1) is 12.1. The highest BCUT2D eigenvalue weighted by Crippen LogP contribution is 2.23. The molecule has 0 aromatic heterocycles. The number of ether oxygens (including phenoxy) is 2. The lowest BCUT2D eigenvalue weighted by molar-refractivity contribution is -0.147. The summed E-state index contributed by atoms with van der Waals surface area (Å²) in [4.78, 5) is 0. The van der Waals surface area contributed by atoms with E-state index in [1.54, 1.807) is 0 Å². The van der Waals surface area contributed by atoms with Gasteiger partial charge in [0.05, 0.1) is 13.2 Å². The number of aliphatic hydroxyl groups excluding tert-OH is 4. The van der Waals surface area contributed by atoms with Gasteiger partial charge in [-0.25, -0.2) is 0 Å². The lowest BCUT2D eigenvalue weighted by atomic mass is 10.1. The molecule has 1 heterocycles. The van der Waals surface area contributed by atoms with E-state index in [2.05, 4.69) is 0 Å². The predicted molar refractivity (Wildman–Crippen MR) is 49.9 cm³/mol. The minimum atomic E-state index is -1.48. The highest BCUT2D eigenvalue weighted by Gasteiger charge is 2.38. The van der Waals surface area contributed by atoms with Gasteiger partial charge in [-0.05, 0) is 6.42 Å². The first-order valence-electron chi connectivity index (χ1n) is 4.81. The Hall–Kier alpha value is -0.980. The van der Waals surface area contributed by atoms with Crippen molar-refractivity contribution in [1.82, 2.24) is 0 Å². The fourth-order valence-electron chi connectivity index (χ4n) is 1.20. The molecule has 1 rings (SSSR count). The summed E-state index contributed by atoms with van der Waals surface area (Å²) in [5, 5.41) is 37.0. The van der Waals surface area contributed by atoms with Crippen LogP contribution in [-0.2, 0) is 9.47 Å². The molecular formula is C9H16O6. The lowest BCUT2D eigenvalue weighted by Crippen LogP contribution is -2.46. The van der Waals surface area contributed by atoms with E-state index in [4.69, 9.17) is 14.6 Å². The molecule has 6 nitrogen and oxygen atoms in total. The largest absolute Gasteiger partial charge is 0.504 e. The second kappa shape index (κ2) is 5.20. The van der Waals surface area contributed by atoms with Crippen LogP contribution in [0.25, 0.3) is 0 Å². The van der Waals surface area contributed by atoms with Crippen molar-refractivity contribution in [3.05, 3.63) is 11.7 Å². The minimum absolute atomic E-state index is 0.228. The summed E-state index contributed by atoms with van der Waals surface area (Å²) in [6, 6.07) is 0. The molecule has 0 aliphatic carbocycles. The van der Waals surface area contributed by atoms with Gasteiger partial charge in [0.25, 0.3) is 0 Å². The zero-order chi connectivity index (χ0) is 11.4. The van der Waals surface area contributed by atoms with Crippen LogP contribution in [0.5, 0.6) is 0 Å². The normalized spacial score (nSPS) is 31.3. The summed E-state index contributed by atoms with van der Waals surface area (Å²) in [7, 11) is 0. The Labute approximate surface area is 87.4 Å². The molecule has 0 saturated heterocycles. The number of rotatable bonds is 4. The van der Waals surface area contributed by atoms with E-state index >= 15 is 0 Å². The molecule has 0 aromatic rings. The monoisotopic (exact) mass is 220 g/mol. The van der Waals surface area contributed by atoms with Crippen molar-refractivity contribution in [3.8, 4) is 0 Å². The summed E-state index contributed by atoms with van der Waals surface area (Å²) >= 11 is 0. The maximum Gasteiger partial charge on any atom is 0.322 e. The Morgan fingerprint density at radius 2 is 2.07 bits per heavy atom. The Kier molecular flexibility index (Phi) is 4.19. The Morgan fingerprint density at radius 3 is 2.60 bits per heavy atom. The van der Waals surface area contributed by atoms with E-state index < -0.39 is 30.7 Å². The maximum absolute atomic E-state index is 9.39. The van der Waals surface area contributed by atoms with Crippen LogP contribution in [0.2, 0.25) is 0 Å². The second-order valence-electron chi connectivity index (χ2n) is 3.30. The number of hydrogen-bond acceptors (Lipinski definition) is 6. The van der Waals surface area contributed by atoms with Gasteiger partial charge in [0, 0.05) is 0 Å². The van der Waals surface area contributed by atoms with Crippen molar-refractivity contribution in [1.29, 1.82) is 0 Å². The van der Waals surface area contributed by atoms with E-state index in [0.717, 1.165) is 0 Å². The van der Waals surface area contributed by atoms with Crippen molar-refractivity contribution >= 4 is 0 Å². The van der Waals surface area contributed by atoms with Crippen molar-refractivity contribution in [2.75, 3.05) is 13.2 Å². The first-order valence-corrected chi connectivity index (χ1v) is 4.81. The van der Waals surface area contributed by atoms with Crippen molar-refractivity contribution in [2.45, 2.75) is 31.7 Å². The third kappa shape index (κ3) is 2.53. The van der Waals surface area contributed by atoms with Crippen LogP contribution in [0.4, 0.5) is 0 Å². The second-order valence-corrected chi connectivity index (χ2v) is 3.30. The zero-order valence-corrected chi connectivity index (χ0v) is 8.46. The summed E-state index contributed by atoms with van der Waals surface area (Å²) < 4.78 is 10.0. The lowest BCUT2D eigenvalue weighted by Gasteiger charge is -2.31. The highest BCUT2D eigenvalue weighted by atomic mass is 16.7. The molecule has 3 unspecified atom stereocenters. The van der Waals surface area contributed by atoms with E-state index in [0.29, 0.717) is 13.0 Å². The number of hydrogen-bond donors (Lipinski definition) is 4. The van der Waals surface area contributed by atoms with Gasteiger partial charge in [-0.15, -0.1) is 0 Å². The smallest absolute Gasteiger partial charge is 0.322 e. The molecule has 88 valence electrons. The molecule has 15 heavy (non-hydrogen) atoms. The summed E-state index contributed by atoms with van der Waals surface area (Å²) in [5.41, 5.74) is 0. The summed E-state index contributed by atoms with van der Waals surface area (Å²) in [6.45, 7) is 1.72. The van der Waals surface area contributed by atoms with Gasteiger partial charge >= 0.3 is 5.95 Å². The fraction of sp³-hybridized carbons (Fsp3) is 0.778. The molecule has 6 heteroatoms. The molecule has 0 spiro atoms. The van der Waals surface area contributed by atoms with Crippen LogP contribution in [-0.4, -0.2) is 52.0 Å². The standard InChI is InChI=1S/C9H16O6/c1-2-3-14-9-8(13)7(12)6(11)5(4-10)15-9/h5-7,10-13H,2-4H2,1H3. The third-order valence-electron chi connectivity index (χ3n) is 2.07. The molecule has 0 saturated carbocycles. The average Bonchev–Trinajstić information content (AvgIpc) is 2.25. The molecule has 0 radical (unpaired) electrons. The zero-order valence-electron chi connectivity index (χ0n) is 8.46. The molecule has 4 N–H and O–H groups in total. The van der Waals surface area contributed by atoms with Crippen molar-refractivity contribution < 1.29 is 29.9 Å². The van der Waals surface area contributed by atoms with E-state index in [1.165, 1.54) is 0 Å². The van der Waals surface area contributed by atoms with E-state index in [1.807, 2.05) is 6.92 Å². The fourth-order valence-corrected chi connectivity index (χ4v) is 1.20. The van der Waals surface area contributed by atoms with Crippen LogP contribution in [0, 0.1) is 0 Å². The molecule has 0 bridgehead atoms. The highest BCUT2D eigenvalue weighted by molar-refractivity contribution is 5.08. The molecule has 0 amide bonds. The van der Waals surface area contributed by atoms with Gasteiger partial charge in [0.1, 0.15) is 12.2 Å². The number of aliphatic hydroxyl groups is 4. The van der Waals surface area contributed by atoms with Gasteiger partial charge < -0.3 is 29.9 Å². The van der Waals surface area contributed by atoms with Crippen LogP contribution >= 0.6 is 0 Å². The van der Waals surface area contributed by atoms with Crippen LogP contribution in [0.15, 0.2) is 11.7 Å². The third-order valence-corrected chi connectivity index (χ3v) is 2.07. The van der Waals surface area contributed by atoms with Crippen LogP contribution in [0.1, 0.15) is 13.3 Å². The molecule has 1 aliphatic rings. The molecular weight excluding hydrogens is 204 g/mol. The van der Waals surface area contributed by atoms with Crippen LogP contribution < -0.4 is 0 Å². The Bertz CT molecular complexity index is 239. The van der Waals surface area contributed by atoms with Crippen molar-refractivity contribution in [3.63, 3.8) is 0 Å². The van der Waals surface area contributed by atoms with Gasteiger partial charge in [0.2, 0.25) is 5.76 Å². The maximum atomic E-state index is 9.39. The van der Waals surface area contributed by atoms with Gasteiger partial charge in [-0.3, -0.25) is 0 Å². The van der Waals surface area contributed by atoms with Gasteiger partial charge in [-0.1, -0.05) is 6.92 Å². The molecule has 0 fully saturated rings. The quantitative estimate of drug-likeness (QED) is 0.497. The van der Waals surface area contributed by atoms with Crippen molar-refractivity contribution in [2.24, 2.45) is 0 Å². The molecule has 1 aliphatic heterocycles.